The van der Waals surface area contributed by atoms with Gasteiger partial charge in [0.2, 0.25) is 10.0 Å². The molecule has 31 heavy (non-hydrogen) atoms. The largest absolute Gasteiger partial charge is 0.336 e. The van der Waals surface area contributed by atoms with Gasteiger partial charge in [-0.1, -0.05) is 28.4 Å². The van der Waals surface area contributed by atoms with Gasteiger partial charge in [-0.3, -0.25) is 0 Å². The number of sulfonamides is 1. The number of nitrogens with one attached hydrogen (secondary N) is 2. The molecule has 9 nitrogen and oxygen atoms in total. The van der Waals surface area contributed by atoms with E-state index in [0.717, 1.165) is 12.8 Å². The first-order chi connectivity index (χ1) is 14.8. The average molecular weight is 483 g/mol. The Bertz CT molecular complexity index is 1220. The zero-order valence-electron chi connectivity index (χ0n) is 16.4. The summed E-state index contributed by atoms with van der Waals surface area (Å²) in [6.07, 6.45) is 1.75. The Morgan fingerprint density at radius 3 is 2.65 bits per heavy atom. The van der Waals surface area contributed by atoms with Crippen LogP contribution in [0.15, 0.2) is 41.3 Å². The van der Waals surface area contributed by atoms with Gasteiger partial charge in [0.25, 0.3) is 0 Å². The Labute approximate surface area is 189 Å². The topological polar surface area (TPSA) is 109 Å². The Morgan fingerprint density at radius 1 is 1.10 bits per heavy atom. The van der Waals surface area contributed by atoms with Gasteiger partial charge in [-0.15, -0.1) is 5.10 Å². The highest BCUT2D eigenvalue weighted by atomic mass is 35.5. The summed E-state index contributed by atoms with van der Waals surface area (Å²) in [5.74, 6) is 0. The van der Waals surface area contributed by atoms with Crippen molar-refractivity contribution in [2.45, 2.75) is 24.3 Å². The van der Waals surface area contributed by atoms with Crippen molar-refractivity contribution < 1.29 is 13.2 Å². The van der Waals surface area contributed by atoms with Crippen LogP contribution in [0.2, 0.25) is 10.0 Å². The van der Waals surface area contributed by atoms with Crippen LogP contribution < -0.4 is 10.6 Å². The van der Waals surface area contributed by atoms with Crippen LogP contribution in [0.5, 0.6) is 0 Å². The van der Waals surface area contributed by atoms with Gasteiger partial charge in [0, 0.05) is 24.7 Å². The summed E-state index contributed by atoms with van der Waals surface area (Å²) in [5.41, 5.74) is 1.57. The van der Waals surface area contributed by atoms with Crippen molar-refractivity contribution in [1.82, 2.24) is 24.6 Å². The maximum Gasteiger partial charge on any atom is 0.319 e. The Morgan fingerprint density at radius 2 is 1.87 bits per heavy atom. The zero-order chi connectivity index (χ0) is 22.0. The second kappa shape index (κ2) is 8.99. The lowest BCUT2D eigenvalue weighted by atomic mass is 10.3. The molecule has 1 aromatic heterocycles. The molecule has 1 fully saturated rings. The summed E-state index contributed by atoms with van der Waals surface area (Å²) in [7, 11) is -3.51. The summed E-state index contributed by atoms with van der Waals surface area (Å²) in [4.78, 5) is 12.3. The molecule has 2 aromatic carbocycles. The van der Waals surface area contributed by atoms with Crippen LogP contribution in [0.3, 0.4) is 0 Å². The number of benzene rings is 2. The van der Waals surface area contributed by atoms with Gasteiger partial charge in [0.1, 0.15) is 5.52 Å². The van der Waals surface area contributed by atoms with Crippen LogP contribution in [-0.4, -0.2) is 53.4 Å². The molecule has 0 atom stereocenters. The number of carbonyl (C=O) groups excluding carboxylic acids is 1. The fourth-order valence-electron chi connectivity index (χ4n) is 3.39. The maximum absolute atomic E-state index is 12.7. The lowest BCUT2D eigenvalue weighted by Crippen LogP contribution is -2.31. The van der Waals surface area contributed by atoms with E-state index in [1.807, 2.05) is 0 Å². The van der Waals surface area contributed by atoms with E-state index < -0.39 is 16.1 Å². The highest BCUT2D eigenvalue weighted by molar-refractivity contribution is 7.89. The van der Waals surface area contributed by atoms with Crippen molar-refractivity contribution in [3.63, 3.8) is 0 Å². The average Bonchev–Trinajstić information content (AvgIpc) is 3.41. The Balaban J connectivity index is 1.39. The number of rotatable bonds is 6. The number of halogens is 2. The first-order valence-electron chi connectivity index (χ1n) is 9.68. The molecule has 2 N–H and O–H groups in total. The Hall–Kier alpha value is -2.40. The third-order valence-corrected chi connectivity index (χ3v) is 7.43. The van der Waals surface area contributed by atoms with E-state index in [1.165, 1.54) is 10.4 Å². The fraction of sp³-hybridized carbons (Fsp3) is 0.316. The van der Waals surface area contributed by atoms with Crippen molar-refractivity contribution in [2.24, 2.45) is 0 Å². The quantitative estimate of drug-likeness (QED) is 0.559. The van der Waals surface area contributed by atoms with Gasteiger partial charge in [0.15, 0.2) is 0 Å². The number of anilines is 1. The molecule has 0 bridgehead atoms. The first-order valence-corrected chi connectivity index (χ1v) is 11.9. The number of fused-ring (bicyclic) bond motifs is 1. The molecule has 0 unspecified atom stereocenters. The normalized spacial score (nSPS) is 14.8. The predicted molar refractivity (Wildman–Crippen MR) is 119 cm³/mol. The maximum atomic E-state index is 12.7. The van der Waals surface area contributed by atoms with Crippen LogP contribution in [0.4, 0.5) is 10.5 Å². The van der Waals surface area contributed by atoms with Crippen LogP contribution in [0.25, 0.3) is 11.0 Å². The van der Waals surface area contributed by atoms with Crippen molar-refractivity contribution in [3.8, 4) is 0 Å². The molecule has 3 aromatic rings. The van der Waals surface area contributed by atoms with Gasteiger partial charge < -0.3 is 10.6 Å². The number of urea groups is 1. The zero-order valence-corrected chi connectivity index (χ0v) is 18.7. The first kappa shape index (κ1) is 21.8. The van der Waals surface area contributed by atoms with Crippen LogP contribution in [-0.2, 0) is 16.6 Å². The van der Waals surface area contributed by atoms with E-state index in [4.69, 9.17) is 23.2 Å². The van der Waals surface area contributed by atoms with E-state index in [1.54, 1.807) is 35.0 Å². The monoisotopic (exact) mass is 482 g/mol. The van der Waals surface area contributed by atoms with Crippen molar-refractivity contribution >= 4 is 56.0 Å². The molecule has 0 radical (unpaired) electrons. The molecule has 0 saturated carbocycles. The van der Waals surface area contributed by atoms with E-state index in [0.29, 0.717) is 46.4 Å². The standard InChI is InChI=1S/C19H20Cl2N6O3S/c20-13-3-5-15(21)16(11-13)23-19(28)22-7-10-27-18-6-4-14(12-17(18)24-25-27)31(29,30)26-8-1-2-9-26/h3-6,11-12H,1-2,7-10H2,(H2,22,23,28). The number of carbonyl (C=O) groups is 1. The molecule has 2 amide bonds. The highest BCUT2D eigenvalue weighted by Crippen LogP contribution is 2.25. The van der Waals surface area contributed by atoms with Gasteiger partial charge in [-0.05, 0) is 49.2 Å². The Kier molecular flexibility index (Phi) is 6.33. The minimum absolute atomic E-state index is 0.213. The third-order valence-electron chi connectivity index (χ3n) is 4.97. The van der Waals surface area contributed by atoms with Crippen molar-refractivity contribution in [2.75, 3.05) is 25.0 Å². The van der Waals surface area contributed by atoms with Crippen LogP contribution in [0, 0.1) is 0 Å². The molecule has 1 aliphatic rings. The van der Waals surface area contributed by atoms with Crippen molar-refractivity contribution in [3.05, 3.63) is 46.4 Å². The molecule has 1 aliphatic heterocycles. The van der Waals surface area contributed by atoms with Crippen LogP contribution >= 0.6 is 23.2 Å². The summed E-state index contributed by atoms with van der Waals surface area (Å²) in [6.45, 7) is 1.71. The number of amides is 2. The lowest BCUT2D eigenvalue weighted by Gasteiger charge is -2.15. The van der Waals surface area contributed by atoms with Gasteiger partial charge in [-0.2, -0.15) is 4.31 Å². The highest BCUT2D eigenvalue weighted by Gasteiger charge is 2.27. The summed E-state index contributed by atoms with van der Waals surface area (Å²) in [6, 6.07) is 9.13. The minimum Gasteiger partial charge on any atom is -0.336 e. The summed E-state index contributed by atoms with van der Waals surface area (Å²) in [5, 5.41) is 14.3. The smallest absolute Gasteiger partial charge is 0.319 e. The summed E-state index contributed by atoms with van der Waals surface area (Å²) >= 11 is 12.0. The number of hydrogen-bond acceptors (Lipinski definition) is 5. The molecular formula is C19H20Cl2N6O3S. The summed E-state index contributed by atoms with van der Waals surface area (Å²) < 4.78 is 28.6. The third kappa shape index (κ3) is 4.77. The molecule has 0 aliphatic carbocycles. The van der Waals surface area contributed by atoms with E-state index >= 15 is 0 Å². The number of aromatic nitrogens is 3. The molecule has 4 rings (SSSR count). The van der Waals surface area contributed by atoms with Gasteiger partial charge >= 0.3 is 6.03 Å². The molecule has 2 heterocycles. The van der Waals surface area contributed by atoms with E-state index in [2.05, 4.69) is 20.9 Å². The van der Waals surface area contributed by atoms with Gasteiger partial charge in [0.05, 0.1) is 27.7 Å². The van der Waals surface area contributed by atoms with Crippen molar-refractivity contribution in [1.29, 1.82) is 0 Å². The fourth-order valence-corrected chi connectivity index (χ4v) is 5.26. The second-order valence-corrected chi connectivity index (χ2v) is 9.86. The molecular weight excluding hydrogens is 463 g/mol. The second-order valence-electron chi connectivity index (χ2n) is 7.08. The predicted octanol–water partition coefficient (Wildman–Crippen LogP) is 3.34. The molecule has 164 valence electrons. The molecule has 0 spiro atoms. The van der Waals surface area contributed by atoms with Gasteiger partial charge in [-0.25, -0.2) is 17.9 Å². The number of nitrogens with zero attached hydrogens (tertiary/aromatic N) is 4. The SMILES string of the molecule is O=C(NCCn1nnc2cc(S(=O)(=O)N3CCCC3)ccc21)Nc1cc(Cl)ccc1Cl. The van der Waals surface area contributed by atoms with E-state index in [-0.39, 0.29) is 11.4 Å². The van der Waals surface area contributed by atoms with Crippen LogP contribution in [0.1, 0.15) is 12.8 Å². The lowest BCUT2D eigenvalue weighted by molar-refractivity contribution is 0.251. The number of hydrogen-bond donors (Lipinski definition) is 2. The molecule has 12 heteroatoms. The van der Waals surface area contributed by atoms with E-state index in [9.17, 15) is 13.2 Å². The minimum atomic E-state index is -3.51. The molecule has 1 saturated heterocycles.